The third kappa shape index (κ3) is 2.33. The predicted octanol–water partition coefficient (Wildman–Crippen LogP) is 4.78. The van der Waals surface area contributed by atoms with Crippen molar-refractivity contribution in [2.75, 3.05) is 0 Å². The van der Waals surface area contributed by atoms with E-state index in [9.17, 15) is 0 Å². The first-order valence-corrected chi connectivity index (χ1v) is 6.46. The van der Waals surface area contributed by atoms with Gasteiger partial charge < -0.3 is 0 Å². The molecule has 0 aliphatic carbocycles. The molecule has 0 amide bonds. The Kier molecular flexibility index (Phi) is 3.06. The Bertz CT molecular complexity index is 405. The fraction of sp³-hybridized carbons (Fsp3) is 0. The van der Waals surface area contributed by atoms with Crippen LogP contribution in [0, 0.1) is 3.57 Å². The van der Waals surface area contributed by atoms with E-state index in [4.69, 9.17) is 0 Å². The maximum atomic E-state index is 3.46. The van der Waals surface area contributed by atoms with Crippen molar-refractivity contribution in [3.63, 3.8) is 0 Å². The third-order valence-electron chi connectivity index (χ3n) is 1.70. The van der Waals surface area contributed by atoms with Crippen molar-refractivity contribution < 1.29 is 0 Å². The number of halogens is 2. The van der Waals surface area contributed by atoms with Gasteiger partial charge in [-0.3, -0.25) is 0 Å². The van der Waals surface area contributed by atoms with Crippen LogP contribution in [0.1, 0.15) is 0 Å². The molecule has 1 aromatic carbocycles. The van der Waals surface area contributed by atoms with E-state index in [2.05, 4.69) is 74.9 Å². The lowest BCUT2D eigenvalue weighted by atomic mass is 10.2. The molecular formula is C10H6BrIS. The summed E-state index contributed by atoms with van der Waals surface area (Å²) in [5.74, 6) is 0. The van der Waals surface area contributed by atoms with Gasteiger partial charge in [-0.2, -0.15) is 0 Å². The molecule has 3 heteroatoms. The van der Waals surface area contributed by atoms with Crippen LogP contribution in [0.25, 0.3) is 10.4 Å². The molecule has 1 heterocycles. The fourth-order valence-electron chi connectivity index (χ4n) is 1.08. The first-order chi connectivity index (χ1) is 6.25. The quantitative estimate of drug-likeness (QED) is 0.638. The molecule has 0 saturated heterocycles. The molecule has 0 fully saturated rings. The van der Waals surface area contributed by atoms with Gasteiger partial charge in [0.05, 0.1) is 3.79 Å². The summed E-state index contributed by atoms with van der Waals surface area (Å²) in [6.07, 6.45) is 0. The highest BCUT2D eigenvalue weighted by molar-refractivity contribution is 14.1. The van der Waals surface area contributed by atoms with Crippen LogP contribution < -0.4 is 0 Å². The summed E-state index contributed by atoms with van der Waals surface area (Å²) < 4.78 is 2.46. The Morgan fingerprint density at radius 2 is 1.69 bits per heavy atom. The fourth-order valence-corrected chi connectivity index (χ4v) is 2.83. The van der Waals surface area contributed by atoms with Crippen LogP contribution in [0.2, 0.25) is 0 Å². The van der Waals surface area contributed by atoms with Crippen molar-refractivity contribution in [2.24, 2.45) is 0 Å². The lowest BCUT2D eigenvalue weighted by Gasteiger charge is -1.96. The highest BCUT2D eigenvalue weighted by Crippen LogP contribution is 2.31. The maximum absolute atomic E-state index is 3.46. The van der Waals surface area contributed by atoms with E-state index in [0.29, 0.717) is 0 Å². The van der Waals surface area contributed by atoms with Gasteiger partial charge in [-0.05, 0) is 68.3 Å². The SMILES string of the molecule is Brc1ccc(-c2ccc(I)cc2)s1. The van der Waals surface area contributed by atoms with E-state index in [1.807, 2.05) is 0 Å². The second kappa shape index (κ2) is 4.11. The van der Waals surface area contributed by atoms with Gasteiger partial charge in [0, 0.05) is 8.45 Å². The zero-order valence-corrected chi connectivity index (χ0v) is 11.2. The van der Waals surface area contributed by atoms with Crippen molar-refractivity contribution in [3.05, 3.63) is 43.8 Å². The van der Waals surface area contributed by atoms with Crippen molar-refractivity contribution >= 4 is 49.9 Å². The number of rotatable bonds is 1. The van der Waals surface area contributed by atoms with E-state index in [1.165, 1.54) is 17.8 Å². The van der Waals surface area contributed by atoms with Gasteiger partial charge in [0.15, 0.2) is 0 Å². The van der Waals surface area contributed by atoms with Crippen molar-refractivity contribution in [1.82, 2.24) is 0 Å². The van der Waals surface area contributed by atoms with Crippen LogP contribution in [-0.2, 0) is 0 Å². The molecular weight excluding hydrogens is 359 g/mol. The van der Waals surface area contributed by atoms with E-state index in [0.717, 1.165) is 0 Å². The van der Waals surface area contributed by atoms with Gasteiger partial charge in [0.2, 0.25) is 0 Å². The zero-order valence-electron chi connectivity index (χ0n) is 6.63. The average Bonchev–Trinajstić information content (AvgIpc) is 2.53. The second-order valence-electron chi connectivity index (χ2n) is 2.61. The Hall–Kier alpha value is 0.130. The summed E-state index contributed by atoms with van der Waals surface area (Å²) in [6, 6.07) is 12.8. The molecule has 0 radical (unpaired) electrons. The highest BCUT2D eigenvalue weighted by atomic mass is 127. The van der Waals surface area contributed by atoms with E-state index in [1.54, 1.807) is 11.3 Å². The smallest absolute Gasteiger partial charge is 0.0705 e. The molecule has 0 spiro atoms. The molecule has 0 aliphatic rings. The summed E-state index contributed by atoms with van der Waals surface area (Å²) in [5.41, 5.74) is 1.29. The van der Waals surface area contributed by atoms with Crippen LogP contribution in [0.3, 0.4) is 0 Å². The molecule has 0 saturated carbocycles. The van der Waals surface area contributed by atoms with Crippen LogP contribution in [0.15, 0.2) is 40.2 Å². The van der Waals surface area contributed by atoms with Crippen molar-refractivity contribution in [3.8, 4) is 10.4 Å². The van der Waals surface area contributed by atoms with Gasteiger partial charge in [-0.1, -0.05) is 12.1 Å². The second-order valence-corrected chi connectivity index (χ2v) is 6.32. The van der Waals surface area contributed by atoms with Crippen LogP contribution >= 0.6 is 49.9 Å². The topological polar surface area (TPSA) is 0 Å². The molecule has 0 aliphatic heterocycles. The summed E-state index contributed by atoms with van der Waals surface area (Å²) in [7, 11) is 0. The molecule has 66 valence electrons. The molecule has 2 aromatic rings. The van der Waals surface area contributed by atoms with Gasteiger partial charge in [-0.25, -0.2) is 0 Å². The summed E-state index contributed by atoms with van der Waals surface area (Å²) in [4.78, 5) is 1.31. The lowest BCUT2D eigenvalue weighted by Crippen LogP contribution is -1.72. The summed E-state index contributed by atoms with van der Waals surface area (Å²) in [5, 5.41) is 0. The Morgan fingerprint density at radius 3 is 2.23 bits per heavy atom. The lowest BCUT2D eigenvalue weighted by molar-refractivity contribution is 1.64. The van der Waals surface area contributed by atoms with Crippen LogP contribution in [0.5, 0.6) is 0 Å². The third-order valence-corrected chi connectivity index (χ3v) is 4.09. The van der Waals surface area contributed by atoms with Gasteiger partial charge in [-0.15, -0.1) is 11.3 Å². The summed E-state index contributed by atoms with van der Waals surface area (Å²) in [6.45, 7) is 0. The largest absolute Gasteiger partial charge is 0.128 e. The first-order valence-electron chi connectivity index (χ1n) is 3.77. The predicted molar refractivity (Wildman–Crippen MR) is 70.2 cm³/mol. The minimum atomic E-state index is 1.18. The average molecular weight is 365 g/mol. The van der Waals surface area contributed by atoms with Crippen molar-refractivity contribution in [2.45, 2.75) is 0 Å². The zero-order chi connectivity index (χ0) is 9.26. The Labute approximate surface area is 103 Å². The maximum Gasteiger partial charge on any atom is 0.0705 e. The van der Waals surface area contributed by atoms with Crippen LogP contribution in [0.4, 0.5) is 0 Å². The molecule has 2 rings (SSSR count). The number of hydrogen-bond acceptors (Lipinski definition) is 1. The van der Waals surface area contributed by atoms with E-state index in [-0.39, 0.29) is 0 Å². The standard InChI is InChI=1S/C10H6BrIS/c11-10-6-5-9(13-10)7-1-3-8(12)4-2-7/h1-6H. The van der Waals surface area contributed by atoms with E-state index >= 15 is 0 Å². The Balaban J connectivity index is 2.41. The molecule has 0 unspecified atom stereocenters. The monoisotopic (exact) mass is 364 g/mol. The highest BCUT2D eigenvalue weighted by Gasteiger charge is 1.99. The number of thiophene rings is 1. The molecule has 13 heavy (non-hydrogen) atoms. The first kappa shape index (κ1) is 9.68. The molecule has 0 atom stereocenters. The molecule has 0 N–H and O–H groups in total. The molecule has 0 bridgehead atoms. The van der Waals surface area contributed by atoms with Gasteiger partial charge >= 0.3 is 0 Å². The van der Waals surface area contributed by atoms with Gasteiger partial charge in [0.1, 0.15) is 0 Å². The van der Waals surface area contributed by atoms with Crippen LogP contribution in [-0.4, -0.2) is 0 Å². The molecule has 1 aromatic heterocycles. The minimum Gasteiger partial charge on any atom is -0.128 e. The minimum absolute atomic E-state index is 1.18. The normalized spacial score (nSPS) is 10.3. The number of hydrogen-bond donors (Lipinski definition) is 0. The van der Waals surface area contributed by atoms with E-state index < -0.39 is 0 Å². The Morgan fingerprint density at radius 1 is 1.00 bits per heavy atom. The summed E-state index contributed by atoms with van der Waals surface area (Å²) >= 11 is 7.54. The van der Waals surface area contributed by atoms with Gasteiger partial charge in [0.25, 0.3) is 0 Å². The number of benzene rings is 1. The van der Waals surface area contributed by atoms with Crippen molar-refractivity contribution in [1.29, 1.82) is 0 Å². The molecule has 0 nitrogen and oxygen atoms in total.